The minimum absolute atomic E-state index is 0.186. The monoisotopic (exact) mass is 227 g/mol. The molecule has 0 unspecified atom stereocenters. The second kappa shape index (κ2) is 4.74. The Labute approximate surface area is 99.1 Å². The molecule has 0 aromatic carbocycles. The number of hydrogen-bond donors (Lipinski definition) is 0. The van der Waals surface area contributed by atoms with Crippen LogP contribution in [0.4, 0.5) is 0 Å². The molecule has 3 nitrogen and oxygen atoms in total. The molecule has 0 N–H and O–H groups in total. The molecule has 0 spiro atoms. The van der Waals surface area contributed by atoms with Crippen LogP contribution < -0.4 is 0 Å². The SMILES string of the molecule is CC(C)(C)CC(C)(C)C(=O)N1CCOCC1. The van der Waals surface area contributed by atoms with Gasteiger partial charge in [-0.3, -0.25) is 4.79 Å². The molecule has 1 amide bonds. The van der Waals surface area contributed by atoms with Crippen molar-refractivity contribution in [2.45, 2.75) is 41.0 Å². The van der Waals surface area contributed by atoms with E-state index in [0.29, 0.717) is 13.2 Å². The summed E-state index contributed by atoms with van der Waals surface area (Å²) in [6.45, 7) is 13.5. The fourth-order valence-corrected chi connectivity index (χ4v) is 2.60. The van der Waals surface area contributed by atoms with Crippen molar-refractivity contribution in [3.8, 4) is 0 Å². The maximum Gasteiger partial charge on any atom is 0.228 e. The number of nitrogens with zero attached hydrogens (tertiary/aromatic N) is 1. The molecule has 0 atom stereocenters. The van der Waals surface area contributed by atoms with Crippen LogP contribution in [0.3, 0.4) is 0 Å². The van der Waals surface area contributed by atoms with Crippen LogP contribution in [-0.4, -0.2) is 37.1 Å². The summed E-state index contributed by atoms with van der Waals surface area (Å²) in [6.07, 6.45) is 0.913. The zero-order chi connectivity index (χ0) is 12.4. The van der Waals surface area contributed by atoms with E-state index in [2.05, 4.69) is 34.6 Å². The molecule has 0 saturated carbocycles. The lowest BCUT2D eigenvalue weighted by Crippen LogP contribution is -2.47. The van der Waals surface area contributed by atoms with Gasteiger partial charge in [-0.1, -0.05) is 34.6 Å². The molecular weight excluding hydrogens is 202 g/mol. The van der Waals surface area contributed by atoms with Crippen molar-refractivity contribution in [3.05, 3.63) is 0 Å². The quantitative estimate of drug-likeness (QED) is 0.724. The molecular formula is C13H25NO2. The molecule has 1 fully saturated rings. The van der Waals surface area contributed by atoms with Gasteiger partial charge >= 0.3 is 0 Å². The maximum atomic E-state index is 12.4. The summed E-state index contributed by atoms with van der Waals surface area (Å²) in [7, 11) is 0. The number of ether oxygens (including phenoxy) is 1. The minimum atomic E-state index is -0.268. The molecule has 1 aliphatic heterocycles. The van der Waals surface area contributed by atoms with E-state index in [9.17, 15) is 4.79 Å². The minimum Gasteiger partial charge on any atom is -0.378 e. The van der Waals surface area contributed by atoms with Gasteiger partial charge in [0, 0.05) is 18.5 Å². The third kappa shape index (κ3) is 3.78. The largest absolute Gasteiger partial charge is 0.378 e. The molecule has 94 valence electrons. The normalized spacial score (nSPS) is 18.7. The van der Waals surface area contributed by atoms with Crippen LogP contribution in [0, 0.1) is 10.8 Å². The molecule has 0 aromatic rings. The zero-order valence-corrected chi connectivity index (χ0v) is 11.3. The highest BCUT2D eigenvalue weighted by atomic mass is 16.5. The summed E-state index contributed by atoms with van der Waals surface area (Å²) in [6, 6.07) is 0. The highest BCUT2D eigenvalue weighted by Crippen LogP contribution is 2.34. The van der Waals surface area contributed by atoms with E-state index in [1.807, 2.05) is 4.90 Å². The predicted molar refractivity (Wildman–Crippen MR) is 65.3 cm³/mol. The lowest BCUT2D eigenvalue weighted by Gasteiger charge is -2.37. The number of morpholine rings is 1. The highest BCUT2D eigenvalue weighted by molar-refractivity contribution is 5.82. The van der Waals surface area contributed by atoms with Gasteiger partial charge in [0.1, 0.15) is 0 Å². The molecule has 0 bridgehead atoms. The van der Waals surface area contributed by atoms with Gasteiger partial charge in [-0.2, -0.15) is 0 Å². The number of rotatable bonds is 2. The van der Waals surface area contributed by atoms with E-state index in [-0.39, 0.29) is 16.7 Å². The molecule has 0 aromatic heterocycles. The zero-order valence-electron chi connectivity index (χ0n) is 11.3. The summed E-state index contributed by atoms with van der Waals surface area (Å²) < 4.78 is 5.27. The Balaban J connectivity index is 2.63. The Kier molecular flexibility index (Phi) is 4.00. The number of carbonyl (C=O) groups excluding carboxylic acids is 1. The molecule has 16 heavy (non-hydrogen) atoms. The molecule has 0 radical (unpaired) electrons. The number of hydrogen-bond acceptors (Lipinski definition) is 2. The fraction of sp³-hybridized carbons (Fsp3) is 0.923. The molecule has 1 heterocycles. The topological polar surface area (TPSA) is 29.5 Å². The van der Waals surface area contributed by atoms with Crippen molar-refractivity contribution in [1.29, 1.82) is 0 Å². The van der Waals surface area contributed by atoms with Gasteiger partial charge in [0.05, 0.1) is 13.2 Å². The van der Waals surface area contributed by atoms with Crippen LogP contribution >= 0.6 is 0 Å². The van der Waals surface area contributed by atoms with Gasteiger partial charge in [-0.25, -0.2) is 0 Å². The first kappa shape index (κ1) is 13.5. The smallest absolute Gasteiger partial charge is 0.228 e. The van der Waals surface area contributed by atoms with Crippen LogP contribution in [0.15, 0.2) is 0 Å². The molecule has 0 aliphatic carbocycles. The van der Waals surface area contributed by atoms with E-state index in [1.54, 1.807) is 0 Å². The highest BCUT2D eigenvalue weighted by Gasteiger charge is 2.35. The van der Waals surface area contributed by atoms with Crippen molar-refractivity contribution in [2.24, 2.45) is 10.8 Å². The lowest BCUT2D eigenvalue weighted by molar-refractivity contribution is -0.146. The number of carbonyl (C=O) groups is 1. The molecule has 1 rings (SSSR count). The average Bonchev–Trinajstić information content (AvgIpc) is 2.14. The second-order valence-corrected chi connectivity index (χ2v) is 6.53. The first-order valence-electron chi connectivity index (χ1n) is 6.09. The lowest BCUT2D eigenvalue weighted by atomic mass is 9.75. The van der Waals surface area contributed by atoms with Crippen molar-refractivity contribution < 1.29 is 9.53 Å². The van der Waals surface area contributed by atoms with E-state index in [0.717, 1.165) is 19.5 Å². The van der Waals surface area contributed by atoms with Crippen molar-refractivity contribution in [1.82, 2.24) is 4.90 Å². The van der Waals surface area contributed by atoms with Crippen LogP contribution in [0.1, 0.15) is 41.0 Å². The molecule has 1 saturated heterocycles. The summed E-state index contributed by atoms with van der Waals surface area (Å²) >= 11 is 0. The third-order valence-corrected chi connectivity index (χ3v) is 2.85. The number of amides is 1. The molecule has 3 heteroatoms. The fourth-order valence-electron chi connectivity index (χ4n) is 2.60. The van der Waals surface area contributed by atoms with Crippen molar-refractivity contribution in [2.75, 3.05) is 26.3 Å². The Morgan fingerprint density at radius 3 is 2.06 bits per heavy atom. The maximum absolute atomic E-state index is 12.4. The Hall–Kier alpha value is -0.570. The Morgan fingerprint density at radius 1 is 1.12 bits per heavy atom. The van der Waals surface area contributed by atoms with Crippen LogP contribution in [0.25, 0.3) is 0 Å². The second-order valence-electron chi connectivity index (χ2n) is 6.53. The van der Waals surface area contributed by atoms with E-state index in [1.165, 1.54) is 0 Å². The summed E-state index contributed by atoms with van der Waals surface area (Å²) in [5, 5.41) is 0. The standard InChI is InChI=1S/C13H25NO2/c1-12(2,3)10-13(4,5)11(15)14-6-8-16-9-7-14/h6-10H2,1-5H3. The third-order valence-electron chi connectivity index (χ3n) is 2.85. The van der Waals surface area contributed by atoms with Gasteiger partial charge in [-0.05, 0) is 11.8 Å². The van der Waals surface area contributed by atoms with Crippen molar-refractivity contribution in [3.63, 3.8) is 0 Å². The van der Waals surface area contributed by atoms with Gasteiger partial charge in [0.25, 0.3) is 0 Å². The first-order chi connectivity index (χ1) is 7.22. The summed E-state index contributed by atoms with van der Waals surface area (Å²) in [4.78, 5) is 14.3. The Morgan fingerprint density at radius 2 is 1.62 bits per heavy atom. The van der Waals surface area contributed by atoms with E-state index >= 15 is 0 Å². The van der Waals surface area contributed by atoms with Crippen LogP contribution in [0.2, 0.25) is 0 Å². The Bertz CT molecular complexity index is 247. The van der Waals surface area contributed by atoms with E-state index in [4.69, 9.17) is 4.74 Å². The molecule has 1 aliphatic rings. The van der Waals surface area contributed by atoms with Crippen LogP contribution in [-0.2, 0) is 9.53 Å². The van der Waals surface area contributed by atoms with Gasteiger partial charge in [-0.15, -0.1) is 0 Å². The van der Waals surface area contributed by atoms with Gasteiger partial charge < -0.3 is 9.64 Å². The van der Waals surface area contributed by atoms with Gasteiger partial charge in [0.2, 0.25) is 5.91 Å². The van der Waals surface area contributed by atoms with E-state index < -0.39 is 0 Å². The average molecular weight is 227 g/mol. The first-order valence-corrected chi connectivity index (χ1v) is 6.09. The predicted octanol–water partition coefficient (Wildman–Crippen LogP) is 2.31. The van der Waals surface area contributed by atoms with Crippen molar-refractivity contribution >= 4 is 5.91 Å². The van der Waals surface area contributed by atoms with Gasteiger partial charge in [0.15, 0.2) is 0 Å². The van der Waals surface area contributed by atoms with Crippen LogP contribution in [0.5, 0.6) is 0 Å². The summed E-state index contributed by atoms with van der Waals surface area (Å²) in [5.41, 5.74) is -0.0823. The summed E-state index contributed by atoms with van der Waals surface area (Å²) in [5.74, 6) is 0.269.